The molecule has 7 nitrogen and oxygen atoms in total. The first-order chi connectivity index (χ1) is 15.9. The third-order valence-corrected chi connectivity index (χ3v) is 5.19. The molecular weight excluding hydrogens is 418 g/mol. The summed E-state index contributed by atoms with van der Waals surface area (Å²) in [7, 11) is 1.56. The van der Waals surface area contributed by atoms with E-state index in [0.29, 0.717) is 40.9 Å². The van der Waals surface area contributed by atoms with Gasteiger partial charge >= 0.3 is 0 Å². The number of phenolic OH excluding ortho intramolecular Hbond substituents is 1. The first-order valence-electron chi connectivity index (χ1n) is 10.4. The number of nitrogen functional groups attached to an aromatic ring is 1. The van der Waals surface area contributed by atoms with Gasteiger partial charge < -0.3 is 25.1 Å². The van der Waals surface area contributed by atoms with Crippen LogP contribution in [0.2, 0.25) is 0 Å². The zero-order valence-electron chi connectivity index (χ0n) is 18.7. The molecule has 1 aromatic heterocycles. The number of hydrogen-bond donors (Lipinski definition) is 2. The lowest BCUT2D eigenvalue weighted by molar-refractivity contribution is 0.303. The van der Waals surface area contributed by atoms with E-state index in [1.165, 1.54) is 11.8 Å². The van der Waals surface area contributed by atoms with Gasteiger partial charge in [-0.1, -0.05) is 35.9 Å². The zero-order valence-corrected chi connectivity index (χ0v) is 18.7. The number of para-hydroxylation sites is 2. The van der Waals surface area contributed by atoms with Gasteiger partial charge in [-0.25, -0.2) is 9.97 Å². The Morgan fingerprint density at radius 3 is 2.48 bits per heavy atom. The van der Waals surface area contributed by atoms with Crippen LogP contribution in [0, 0.1) is 13.8 Å². The third-order valence-electron chi connectivity index (χ3n) is 5.19. The van der Waals surface area contributed by atoms with E-state index in [-0.39, 0.29) is 11.7 Å². The van der Waals surface area contributed by atoms with Crippen LogP contribution < -0.4 is 19.9 Å². The standard InChI is InChI=1S/C26H25N3O4/c1-16-8-9-17(2)18(12-16)15-32-19-10-11-20(21(30)13-19)25-24(14-28-26(27)29-25)33-23-7-5-4-6-22(23)31-3/h4-14,30H,15H2,1-3H3,(H2,27,28,29). The van der Waals surface area contributed by atoms with Gasteiger partial charge in [-0.3, -0.25) is 0 Å². The van der Waals surface area contributed by atoms with Crippen LogP contribution in [0.1, 0.15) is 16.7 Å². The lowest BCUT2D eigenvalue weighted by atomic mass is 10.1. The smallest absolute Gasteiger partial charge is 0.220 e. The number of aromatic hydroxyl groups is 1. The molecule has 168 valence electrons. The van der Waals surface area contributed by atoms with Crippen LogP contribution in [0.15, 0.2) is 66.9 Å². The predicted molar refractivity (Wildman–Crippen MR) is 127 cm³/mol. The number of aryl methyl sites for hydroxylation is 2. The molecule has 1 heterocycles. The Labute approximate surface area is 192 Å². The lowest BCUT2D eigenvalue weighted by Gasteiger charge is -2.15. The first-order valence-corrected chi connectivity index (χ1v) is 10.4. The normalized spacial score (nSPS) is 10.6. The Hall–Kier alpha value is -4.26. The highest BCUT2D eigenvalue weighted by molar-refractivity contribution is 5.74. The van der Waals surface area contributed by atoms with E-state index in [2.05, 4.69) is 28.2 Å². The largest absolute Gasteiger partial charge is 0.507 e. The van der Waals surface area contributed by atoms with Crippen molar-refractivity contribution in [3.63, 3.8) is 0 Å². The van der Waals surface area contributed by atoms with Gasteiger partial charge in [0.1, 0.15) is 23.8 Å². The van der Waals surface area contributed by atoms with Gasteiger partial charge in [0.05, 0.1) is 13.3 Å². The summed E-state index contributed by atoms with van der Waals surface area (Å²) in [5.41, 5.74) is 10.0. The molecule has 0 aliphatic rings. The van der Waals surface area contributed by atoms with E-state index in [4.69, 9.17) is 19.9 Å². The first kappa shape index (κ1) is 22.0. The van der Waals surface area contributed by atoms with Crippen molar-refractivity contribution in [1.29, 1.82) is 0 Å². The van der Waals surface area contributed by atoms with E-state index in [1.807, 2.05) is 26.0 Å². The maximum absolute atomic E-state index is 10.8. The van der Waals surface area contributed by atoms with Crippen molar-refractivity contribution in [1.82, 2.24) is 9.97 Å². The SMILES string of the molecule is COc1ccccc1Oc1cnc(N)nc1-c1ccc(OCc2cc(C)ccc2C)cc1O. The van der Waals surface area contributed by atoms with Gasteiger partial charge in [0.15, 0.2) is 17.2 Å². The van der Waals surface area contributed by atoms with E-state index in [0.717, 1.165) is 11.1 Å². The summed E-state index contributed by atoms with van der Waals surface area (Å²) in [6.45, 7) is 4.48. The minimum absolute atomic E-state index is 0.0172. The van der Waals surface area contributed by atoms with E-state index in [1.54, 1.807) is 37.4 Å². The van der Waals surface area contributed by atoms with Crippen LogP contribution >= 0.6 is 0 Å². The number of methoxy groups -OCH3 is 1. The van der Waals surface area contributed by atoms with Gasteiger partial charge in [-0.2, -0.15) is 0 Å². The highest BCUT2D eigenvalue weighted by atomic mass is 16.5. The number of hydrogen-bond acceptors (Lipinski definition) is 7. The average molecular weight is 444 g/mol. The monoisotopic (exact) mass is 443 g/mol. The summed E-state index contributed by atoms with van der Waals surface area (Å²) >= 11 is 0. The molecule has 3 aromatic carbocycles. The molecule has 0 aliphatic heterocycles. The molecule has 0 unspecified atom stereocenters. The van der Waals surface area contributed by atoms with Crippen LogP contribution in [0.4, 0.5) is 5.95 Å². The number of nitrogens with zero attached hydrogens (tertiary/aromatic N) is 2. The molecule has 0 amide bonds. The molecule has 0 fully saturated rings. The van der Waals surface area contributed by atoms with Crippen molar-refractivity contribution in [2.24, 2.45) is 0 Å². The molecule has 4 aromatic rings. The number of phenols is 1. The molecule has 0 atom stereocenters. The maximum Gasteiger partial charge on any atom is 0.220 e. The molecule has 33 heavy (non-hydrogen) atoms. The Kier molecular flexibility index (Phi) is 6.31. The Morgan fingerprint density at radius 2 is 1.73 bits per heavy atom. The van der Waals surface area contributed by atoms with Gasteiger partial charge in [0.2, 0.25) is 5.95 Å². The number of aromatic nitrogens is 2. The summed E-state index contributed by atoms with van der Waals surface area (Å²) in [6, 6.07) is 18.5. The summed E-state index contributed by atoms with van der Waals surface area (Å²) in [6.07, 6.45) is 1.47. The molecule has 7 heteroatoms. The van der Waals surface area contributed by atoms with Crippen molar-refractivity contribution >= 4 is 5.95 Å². The van der Waals surface area contributed by atoms with Gasteiger partial charge in [-0.05, 0) is 49.2 Å². The lowest BCUT2D eigenvalue weighted by Crippen LogP contribution is -2.01. The molecule has 0 radical (unpaired) electrons. The topological polar surface area (TPSA) is 99.7 Å². The fraction of sp³-hybridized carbons (Fsp3) is 0.154. The molecule has 0 bridgehead atoms. The third kappa shape index (κ3) is 4.98. The number of rotatable bonds is 7. The highest BCUT2D eigenvalue weighted by Gasteiger charge is 2.17. The van der Waals surface area contributed by atoms with Crippen LogP contribution in [-0.4, -0.2) is 22.2 Å². The average Bonchev–Trinajstić information content (AvgIpc) is 2.81. The van der Waals surface area contributed by atoms with Crippen molar-refractivity contribution in [2.45, 2.75) is 20.5 Å². The fourth-order valence-corrected chi connectivity index (χ4v) is 3.39. The van der Waals surface area contributed by atoms with E-state index >= 15 is 0 Å². The summed E-state index contributed by atoms with van der Waals surface area (Å²) in [4.78, 5) is 8.34. The van der Waals surface area contributed by atoms with Crippen molar-refractivity contribution in [3.05, 3.63) is 83.6 Å². The van der Waals surface area contributed by atoms with Gasteiger partial charge in [0, 0.05) is 11.6 Å². The Bertz CT molecular complexity index is 1290. The van der Waals surface area contributed by atoms with Crippen LogP contribution in [0.3, 0.4) is 0 Å². The summed E-state index contributed by atoms with van der Waals surface area (Å²) in [5.74, 6) is 1.95. The molecule has 4 rings (SSSR count). The van der Waals surface area contributed by atoms with E-state index in [9.17, 15) is 5.11 Å². The van der Waals surface area contributed by atoms with Crippen LogP contribution in [-0.2, 0) is 6.61 Å². The summed E-state index contributed by atoms with van der Waals surface area (Å²) < 4.78 is 17.3. The Morgan fingerprint density at radius 1 is 0.939 bits per heavy atom. The van der Waals surface area contributed by atoms with Crippen molar-refractivity contribution in [3.8, 4) is 40.0 Å². The molecule has 0 saturated carbocycles. The summed E-state index contributed by atoms with van der Waals surface area (Å²) in [5, 5.41) is 10.8. The highest BCUT2D eigenvalue weighted by Crippen LogP contribution is 2.40. The fourth-order valence-electron chi connectivity index (χ4n) is 3.39. The second-order valence-electron chi connectivity index (χ2n) is 7.59. The van der Waals surface area contributed by atoms with Crippen molar-refractivity contribution in [2.75, 3.05) is 12.8 Å². The number of ether oxygens (including phenoxy) is 3. The minimum Gasteiger partial charge on any atom is -0.507 e. The number of anilines is 1. The maximum atomic E-state index is 10.8. The van der Waals surface area contributed by atoms with Gasteiger partial charge in [-0.15, -0.1) is 0 Å². The molecule has 0 aliphatic carbocycles. The molecule has 0 spiro atoms. The molecular formula is C26H25N3O4. The van der Waals surface area contributed by atoms with Crippen molar-refractivity contribution < 1.29 is 19.3 Å². The second-order valence-corrected chi connectivity index (χ2v) is 7.59. The van der Waals surface area contributed by atoms with Crippen LogP contribution in [0.5, 0.6) is 28.7 Å². The van der Waals surface area contributed by atoms with Gasteiger partial charge in [0.25, 0.3) is 0 Å². The predicted octanol–water partition coefficient (Wildman–Crippen LogP) is 5.43. The second kappa shape index (κ2) is 9.48. The quantitative estimate of drug-likeness (QED) is 0.393. The molecule has 0 saturated heterocycles. The molecule has 3 N–H and O–H groups in total. The number of nitrogens with two attached hydrogens (primary N) is 1. The van der Waals surface area contributed by atoms with Crippen LogP contribution in [0.25, 0.3) is 11.3 Å². The number of benzene rings is 3. The Balaban J connectivity index is 1.61. The minimum atomic E-state index is -0.0172. The van der Waals surface area contributed by atoms with E-state index < -0.39 is 0 Å². The zero-order chi connectivity index (χ0) is 23.4.